The number of nitrogens with zero attached hydrogens (tertiary/aromatic N) is 3. The van der Waals surface area contributed by atoms with Crippen LogP contribution in [0.3, 0.4) is 0 Å². The fraction of sp³-hybridized carbons (Fsp3) is 0.261. The van der Waals surface area contributed by atoms with Crippen molar-refractivity contribution in [2.24, 2.45) is 0 Å². The van der Waals surface area contributed by atoms with E-state index in [-0.39, 0.29) is 18.4 Å². The second kappa shape index (κ2) is 7.02. The molecule has 3 aromatic rings. The Bertz CT molecular complexity index is 1110. The van der Waals surface area contributed by atoms with Crippen molar-refractivity contribution in [1.82, 2.24) is 14.5 Å². The predicted molar refractivity (Wildman–Crippen MR) is 111 cm³/mol. The smallest absolute Gasteiger partial charge is 0.243 e. The number of rotatable bonds is 4. The molecule has 1 aromatic heterocycles. The Morgan fingerprint density at radius 1 is 1.27 bits per heavy atom. The van der Waals surface area contributed by atoms with Crippen LogP contribution in [0, 0.1) is 0 Å². The standard InChI is InChI=1S/C23H22N4O3/c1-30-17-6-4-5-16(13-17)21-23(18-7-2-3-8-19(18)25-22(23)29)9-11-27(21)20(28)14-26-12-10-24-15-26/h2-8,10,12-13,15,21H,9,11,14H2,1H3,(H,25,29)/t21-,23+/m0/s1. The van der Waals surface area contributed by atoms with Gasteiger partial charge in [-0.25, -0.2) is 4.98 Å². The molecule has 2 atom stereocenters. The van der Waals surface area contributed by atoms with Crippen LogP contribution in [0.1, 0.15) is 23.6 Å². The van der Waals surface area contributed by atoms with Crippen LogP contribution in [0.25, 0.3) is 0 Å². The number of amides is 2. The molecular weight excluding hydrogens is 380 g/mol. The summed E-state index contributed by atoms with van der Waals surface area (Å²) >= 11 is 0. The molecule has 30 heavy (non-hydrogen) atoms. The fourth-order valence-electron chi connectivity index (χ4n) is 4.86. The maximum absolute atomic E-state index is 13.4. The number of hydrogen-bond donors (Lipinski definition) is 1. The van der Waals surface area contributed by atoms with Crippen molar-refractivity contribution in [3.8, 4) is 5.75 Å². The minimum absolute atomic E-state index is 0.0464. The summed E-state index contributed by atoms with van der Waals surface area (Å²) in [6.45, 7) is 0.678. The molecule has 1 saturated heterocycles. The first kappa shape index (κ1) is 18.4. The van der Waals surface area contributed by atoms with Gasteiger partial charge in [-0.05, 0) is 35.7 Å². The number of para-hydroxylation sites is 1. The number of methoxy groups -OCH3 is 1. The van der Waals surface area contributed by atoms with E-state index in [1.807, 2.05) is 53.4 Å². The third kappa shape index (κ3) is 2.69. The number of aromatic nitrogens is 2. The van der Waals surface area contributed by atoms with Crippen molar-refractivity contribution in [3.05, 3.63) is 78.4 Å². The van der Waals surface area contributed by atoms with E-state index in [2.05, 4.69) is 10.3 Å². The van der Waals surface area contributed by atoms with Gasteiger partial charge in [-0.1, -0.05) is 30.3 Å². The van der Waals surface area contributed by atoms with Crippen molar-refractivity contribution >= 4 is 17.5 Å². The Morgan fingerprint density at radius 2 is 2.13 bits per heavy atom. The molecule has 5 rings (SSSR count). The molecule has 0 unspecified atom stereocenters. The zero-order chi connectivity index (χ0) is 20.7. The van der Waals surface area contributed by atoms with Crippen LogP contribution in [-0.4, -0.2) is 39.9 Å². The number of anilines is 1. The van der Waals surface area contributed by atoms with E-state index >= 15 is 0 Å². The zero-order valence-electron chi connectivity index (χ0n) is 16.6. The minimum atomic E-state index is -0.826. The molecular formula is C23H22N4O3. The molecule has 0 saturated carbocycles. The van der Waals surface area contributed by atoms with Crippen LogP contribution in [0.4, 0.5) is 5.69 Å². The predicted octanol–water partition coefficient (Wildman–Crippen LogP) is 2.76. The van der Waals surface area contributed by atoms with Gasteiger partial charge in [0.25, 0.3) is 0 Å². The van der Waals surface area contributed by atoms with Gasteiger partial charge in [-0.2, -0.15) is 0 Å². The third-order valence-corrected chi connectivity index (χ3v) is 6.19. The monoisotopic (exact) mass is 402 g/mol. The molecule has 152 valence electrons. The molecule has 0 bridgehead atoms. The third-order valence-electron chi connectivity index (χ3n) is 6.19. The summed E-state index contributed by atoms with van der Waals surface area (Å²) in [6, 6.07) is 15.0. The summed E-state index contributed by atoms with van der Waals surface area (Å²) in [7, 11) is 1.61. The number of fused-ring (bicyclic) bond motifs is 2. The van der Waals surface area contributed by atoms with E-state index in [4.69, 9.17) is 4.74 Å². The lowest BCUT2D eigenvalue weighted by molar-refractivity contribution is -0.134. The Kier molecular flexibility index (Phi) is 4.31. The van der Waals surface area contributed by atoms with Gasteiger partial charge in [0.05, 0.1) is 19.5 Å². The quantitative estimate of drug-likeness (QED) is 0.728. The lowest BCUT2D eigenvalue weighted by Gasteiger charge is -2.34. The second-order valence-electron chi connectivity index (χ2n) is 7.72. The number of hydrogen-bond acceptors (Lipinski definition) is 4. The number of ether oxygens (including phenoxy) is 1. The van der Waals surface area contributed by atoms with Gasteiger partial charge < -0.3 is 19.5 Å². The molecule has 2 aromatic carbocycles. The highest BCUT2D eigenvalue weighted by molar-refractivity contribution is 6.07. The highest BCUT2D eigenvalue weighted by atomic mass is 16.5. The van der Waals surface area contributed by atoms with Gasteiger partial charge in [-0.15, -0.1) is 0 Å². The van der Waals surface area contributed by atoms with Gasteiger partial charge >= 0.3 is 0 Å². The van der Waals surface area contributed by atoms with Gasteiger partial charge in [0.2, 0.25) is 11.8 Å². The average molecular weight is 402 g/mol. The van der Waals surface area contributed by atoms with Crippen LogP contribution in [0.2, 0.25) is 0 Å². The largest absolute Gasteiger partial charge is 0.497 e. The van der Waals surface area contributed by atoms with Crippen molar-refractivity contribution in [1.29, 1.82) is 0 Å². The molecule has 2 aliphatic heterocycles. The van der Waals surface area contributed by atoms with E-state index in [1.54, 1.807) is 30.4 Å². The molecule has 2 amide bonds. The van der Waals surface area contributed by atoms with E-state index < -0.39 is 11.5 Å². The lowest BCUT2D eigenvalue weighted by Crippen LogP contribution is -2.43. The maximum Gasteiger partial charge on any atom is 0.243 e. The summed E-state index contributed by atoms with van der Waals surface area (Å²) in [5.74, 6) is 0.590. The van der Waals surface area contributed by atoms with Crippen molar-refractivity contribution in [2.75, 3.05) is 19.0 Å². The molecule has 0 radical (unpaired) electrons. The molecule has 7 nitrogen and oxygen atoms in total. The highest BCUT2D eigenvalue weighted by Gasteiger charge is 2.59. The Labute approximate surface area is 174 Å². The van der Waals surface area contributed by atoms with Gasteiger partial charge in [0.1, 0.15) is 17.7 Å². The van der Waals surface area contributed by atoms with E-state index in [0.29, 0.717) is 18.7 Å². The normalized spacial score (nSPS) is 22.2. The number of benzene rings is 2. The molecule has 1 fully saturated rings. The SMILES string of the molecule is COc1cccc([C@@H]2N(C(=O)Cn3ccnc3)CC[C@]23C(=O)Nc2ccccc23)c1. The molecule has 1 N–H and O–H groups in total. The first-order valence-electron chi connectivity index (χ1n) is 9.93. The van der Waals surface area contributed by atoms with Crippen molar-refractivity contribution < 1.29 is 14.3 Å². The lowest BCUT2D eigenvalue weighted by atomic mass is 9.72. The van der Waals surface area contributed by atoms with Crippen LogP contribution in [0.15, 0.2) is 67.3 Å². The van der Waals surface area contributed by atoms with Crippen LogP contribution in [-0.2, 0) is 21.5 Å². The molecule has 3 heterocycles. The van der Waals surface area contributed by atoms with E-state index in [1.165, 1.54) is 0 Å². The first-order valence-corrected chi connectivity index (χ1v) is 9.93. The Balaban J connectivity index is 1.63. The summed E-state index contributed by atoms with van der Waals surface area (Å²) in [5.41, 5.74) is 1.82. The summed E-state index contributed by atoms with van der Waals surface area (Å²) in [6.07, 6.45) is 5.61. The van der Waals surface area contributed by atoms with Crippen LogP contribution >= 0.6 is 0 Å². The number of nitrogens with one attached hydrogen (secondary N) is 1. The van der Waals surface area contributed by atoms with Crippen LogP contribution < -0.4 is 10.1 Å². The van der Waals surface area contributed by atoms with Gasteiger partial charge in [0.15, 0.2) is 0 Å². The number of imidazole rings is 1. The van der Waals surface area contributed by atoms with Gasteiger partial charge in [-0.3, -0.25) is 9.59 Å². The number of likely N-dealkylation sites (tertiary alicyclic amines) is 1. The minimum Gasteiger partial charge on any atom is -0.497 e. The molecule has 0 aliphatic carbocycles. The topological polar surface area (TPSA) is 76.5 Å². The summed E-state index contributed by atoms with van der Waals surface area (Å²) in [5, 5.41) is 3.04. The van der Waals surface area contributed by atoms with Crippen molar-refractivity contribution in [3.63, 3.8) is 0 Å². The second-order valence-corrected chi connectivity index (χ2v) is 7.72. The highest BCUT2D eigenvalue weighted by Crippen LogP contribution is 2.54. The molecule has 2 aliphatic rings. The molecule has 7 heteroatoms. The van der Waals surface area contributed by atoms with Gasteiger partial charge in [0, 0.05) is 24.6 Å². The summed E-state index contributed by atoms with van der Waals surface area (Å²) < 4.78 is 7.18. The Morgan fingerprint density at radius 3 is 2.93 bits per heavy atom. The van der Waals surface area contributed by atoms with Crippen LogP contribution in [0.5, 0.6) is 5.75 Å². The van der Waals surface area contributed by atoms with Crippen molar-refractivity contribution in [2.45, 2.75) is 24.4 Å². The average Bonchev–Trinajstić information content (AvgIpc) is 3.48. The Hall–Kier alpha value is -3.61. The maximum atomic E-state index is 13.4. The van der Waals surface area contributed by atoms with E-state index in [9.17, 15) is 9.59 Å². The summed E-state index contributed by atoms with van der Waals surface area (Å²) in [4.78, 5) is 32.6. The first-order chi connectivity index (χ1) is 14.6. The van der Waals surface area contributed by atoms with E-state index in [0.717, 1.165) is 16.8 Å². The zero-order valence-corrected chi connectivity index (χ0v) is 16.6. The molecule has 1 spiro atoms. The number of carbonyl (C=O) groups excluding carboxylic acids is 2. The number of carbonyl (C=O) groups is 2. The fourth-order valence-corrected chi connectivity index (χ4v) is 4.86.